The van der Waals surface area contributed by atoms with Crippen molar-refractivity contribution >= 4 is 40.5 Å². The SMILES string of the molecule is CCOC(=O)CCCCCN(CCSc1ccnc(CSc2nc3ccccc3[nH]2)c1C)Cc1ccccc1. The number of esters is 1. The van der Waals surface area contributed by atoms with Crippen LogP contribution in [0.1, 0.15) is 49.4 Å². The molecule has 0 aliphatic heterocycles. The van der Waals surface area contributed by atoms with Crippen molar-refractivity contribution in [3.05, 3.63) is 83.7 Å². The number of H-pyrrole nitrogens is 1. The van der Waals surface area contributed by atoms with Gasteiger partial charge in [-0.2, -0.15) is 0 Å². The molecule has 0 saturated heterocycles. The van der Waals surface area contributed by atoms with Gasteiger partial charge in [0, 0.05) is 42.1 Å². The second kappa shape index (κ2) is 15.7. The number of unbranched alkanes of at least 4 members (excludes halogenated alkanes) is 2. The maximum atomic E-state index is 11.6. The summed E-state index contributed by atoms with van der Waals surface area (Å²) in [5.41, 5.74) is 5.74. The zero-order valence-electron chi connectivity index (χ0n) is 22.9. The van der Waals surface area contributed by atoms with E-state index in [1.165, 1.54) is 16.0 Å². The normalized spacial score (nSPS) is 11.4. The Hall–Kier alpha value is -2.81. The highest BCUT2D eigenvalue weighted by Gasteiger charge is 2.11. The summed E-state index contributed by atoms with van der Waals surface area (Å²) in [5.74, 6) is 1.71. The number of aromatic amines is 1. The molecule has 2 aromatic heterocycles. The summed E-state index contributed by atoms with van der Waals surface area (Å²) in [5, 5.41) is 0.925. The molecule has 0 saturated carbocycles. The average molecular weight is 563 g/mol. The van der Waals surface area contributed by atoms with E-state index >= 15 is 0 Å². The van der Waals surface area contributed by atoms with Gasteiger partial charge in [0.15, 0.2) is 5.16 Å². The molecule has 0 aliphatic carbocycles. The molecule has 0 radical (unpaired) electrons. The third-order valence-electron chi connectivity index (χ3n) is 6.55. The van der Waals surface area contributed by atoms with Gasteiger partial charge in [0.2, 0.25) is 0 Å². The molecule has 2 aromatic carbocycles. The highest BCUT2D eigenvalue weighted by Crippen LogP contribution is 2.28. The maximum Gasteiger partial charge on any atom is 0.305 e. The molecule has 206 valence electrons. The summed E-state index contributed by atoms with van der Waals surface area (Å²) >= 11 is 3.60. The molecule has 0 fully saturated rings. The fraction of sp³-hybridized carbons (Fsp3) is 0.387. The highest BCUT2D eigenvalue weighted by atomic mass is 32.2. The van der Waals surface area contributed by atoms with E-state index < -0.39 is 0 Å². The van der Waals surface area contributed by atoms with Crippen molar-refractivity contribution in [1.82, 2.24) is 19.9 Å². The van der Waals surface area contributed by atoms with Gasteiger partial charge in [0.25, 0.3) is 0 Å². The van der Waals surface area contributed by atoms with Gasteiger partial charge in [0.1, 0.15) is 0 Å². The monoisotopic (exact) mass is 562 g/mol. The molecule has 39 heavy (non-hydrogen) atoms. The van der Waals surface area contributed by atoms with Gasteiger partial charge in [-0.1, -0.05) is 60.6 Å². The largest absolute Gasteiger partial charge is 0.466 e. The number of ether oxygens (including phenoxy) is 1. The Morgan fingerprint density at radius 1 is 0.974 bits per heavy atom. The number of nitrogens with zero attached hydrogens (tertiary/aromatic N) is 3. The second-order valence-electron chi connectivity index (χ2n) is 9.45. The van der Waals surface area contributed by atoms with Crippen molar-refractivity contribution in [3.63, 3.8) is 0 Å². The van der Waals surface area contributed by atoms with Crippen molar-refractivity contribution in [2.24, 2.45) is 0 Å². The molecule has 1 N–H and O–H groups in total. The number of fused-ring (bicyclic) bond motifs is 1. The molecule has 0 bridgehead atoms. The lowest BCUT2D eigenvalue weighted by molar-refractivity contribution is -0.143. The topological polar surface area (TPSA) is 71.1 Å². The van der Waals surface area contributed by atoms with Crippen LogP contribution < -0.4 is 0 Å². The van der Waals surface area contributed by atoms with Crippen LogP contribution in [0.25, 0.3) is 11.0 Å². The molecule has 0 atom stereocenters. The van der Waals surface area contributed by atoms with Gasteiger partial charge < -0.3 is 9.72 Å². The number of carbonyl (C=O) groups excluding carboxylic acids is 1. The number of pyridine rings is 1. The Morgan fingerprint density at radius 3 is 2.62 bits per heavy atom. The van der Waals surface area contributed by atoms with Crippen molar-refractivity contribution < 1.29 is 9.53 Å². The number of carbonyl (C=O) groups is 1. The zero-order chi connectivity index (χ0) is 27.3. The van der Waals surface area contributed by atoms with Crippen LogP contribution in [0.15, 0.2) is 76.9 Å². The molecule has 0 amide bonds. The van der Waals surface area contributed by atoms with Crippen LogP contribution in [-0.4, -0.2) is 51.3 Å². The molecule has 0 spiro atoms. The lowest BCUT2D eigenvalue weighted by atomic mass is 10.1. The van der Waals surface area contributed by atoms with E-state index in [9.17, 15) is 4.79 Å². The Balaban J connectivity index is 1.28. The Bertz CT molecular complexity index is 1280. The number of imidazole rings is 1. The number of hydrogen-bond acceptors (Lipinski definition) is 7. The second-order valence-corrected chi connectivity index (χ2v) is 11.6. The fourth-order valence-corrected chi connectivity index (χ4v) is 6.38. The molecule has 0 aliphatic rings. The average Bonchev–Trinajstić information content (AvgIpc) is 3.37. The van der Waals surface area contributed by atoms with E-state index in [-0.39, 0.29) is 5.97 Å². The summed E-state index contributed by atoms with van der Waals surface area (Å²) in [7, 11) is 0. The van der Waals surface area contributed by atoms with Crippen molar-refractivity contribution in [2.75, 3.05) is 25.4 Å². The first-order chi connectivity index (χ1) is 19.1. The number of aromatic nitrogens is 3. The van der Waals surface area contributed by atoms with E-state index in [4.69, 9.17) is 4.74 Å². The number of rotatable bonds is 16. The summed E-state index contributed by atoms with van der Waals surface area (Å²) in [6.07, 6.45) is 5.44. The quantitative estimate of drug-likeness (QED) is 0.0874. The van der Waals surface area contributed by atoms with E-state index in [2.05, 4.69) is 69.2 Å². The first-order valence-electron chi connectivity index (χ1n) is 13.7. The van der Waals surface area contributed by atoms with Gasteiger partial charge in [-0.15, -0.1) is 11.8 Å². The molecule has 4 rings (SSSR count). The van der Waals surface area contributed by atoms with Crippen molar-refractivity contribution in [2.45, 2.75) is 61.9 Å². The van der Waals surface area contributed by atoms with Crippen LogP contribution in [0.4, 0.5) is 0 Å². The number of para-hydroxylation sites is 2. The van der Waals surface area contributed by atoms with Crippen molar-refractivity contribution in [1.29, 1.82) is 0 Å². The lowest BCUT2D eigenvalue weighted by Gasteiger charge is -2.22. The molecule has 2 heterocycles. The predicted octanol–water partition coefficient (Wildman–Crippen LogP) is 7.28. The summed E-state index contributed by atoms with van der Waals surface area (Å²) in [4.78, 5) is 28.2. The Kier molecular flexibility index (Phi) is 11.7. The van der Waals surface area contributed by atoms with E-state index in [1.54, 1.807) is 11.8 Å². The Morgan fingerprint density at radius 2 is 1.79 bits per heavy atom. The highest BCUT2D eigenvalue weighted by molar-refractivity contribution is 7.99. The third-order valence-corrected chi connectivity index (χ3v) is 8.57. The minimum Gasteiger partial charge on any atom is -0.466 e. The number of hydrogen-bond donors (Lipinski definition) is 1. The number of benzene rings is 2. The van der Waals surface area contributed by atoms with E-state index in [0.29, 0.717) is 13.0 Å². The smallest absolute Gasteiger partial charge is 0.305 e. The van der Waals surface area contributed by atoms with Crippen molar-refractivity contribution in [3.8, 4) is 0 Å². The van der Waals surface area contributed by atoms with E-state index in [0.717, 1.165) is 72.3 Å². The van der Waals surface area contributed by atoms with Crippen LogP contribution >= 0.6 is 23.5 Å². The maximum absolute atomic E-state index is 11.6. The first kappa shape index (κ1) is 29.2. The van der Waals surface area contributed by atoms with Gasteiger partial charge in [-0.05, 0) is 62.6 Å². The molecule has 0 unspecified atom stereocenters. The van der Waals surface area contributed by atoms with Gasteiger partial charge in [-0.3, -0.25) is 14.7 Å². The zero-order valence-corrected chi connectivity index (χ0v) is 24.5. The minimum atomic E-state index is -0.0851. The van der Waals surface area contributed by atoms with Crippen LogP contribution in [0.2, 0.25) is 0 Å². The van der Waals surface area contributed by atoms with Crippen LogP contribution in [0.3, 0.4) is 0 Å². The molecular weight excluding hydrogens is 525 g/mol. The van der Waals surface area contributed by atoms with Gasteiger partial charge >= 0.3 is 5.97 Å². The standard InChI is InChI=1S/C31H38N4O2S2/c1-3-37-30(36)16-8-5-11-19-35(22-25-12-6-4-7-13-25)20-21-38-29-17-18-32-28(24(29)2)23-39-31-33-26-14-9-10-15-27(26)34-31/h4,6-7,9-10,12-15,17-18H,3,5,8,11,16,19-23H2,1-2H3,(H,33,34). The minimum absolute atomic E-state index is 0.0851. The predicted molar refractivity (Wildman–Crippen MR) is 162 cm³/mol. The van der Waals surface area contributed by atoms with Crippen LogP contribution in [0.5, 0.6) is 0 Å². The third kappa shape index (κ3) is 9.41. The summed E-state index contributed by atoms with van der Waals surface area (Å²) in [6.45, 7) is 7.45. The fourth-order valence-electron chi connectivity index (χ4n) is 4.41. The van der Waals surface area contributed by atoms with E-state index in [1.807, 2.05) is 43.1 Å². The van der Waals surface area contributed by atoms with Gasteiger partial charge in [0.05, 0.1) is 23.3 Å². The summed E-state index contributed by atoms with van der Waals surface area (Å²) in [6, 6.07) is 20.9. The molecule has 6 nitrogen and oxygen atoms in total. The van der Waals surface area contributed by atoms with Crippen LogP contribution in [-0.2, 0) is 21.8 Å². The number of thioether (sulfide) groups is 2. The molecule has 4 aromatic rings. The van der Waals surface area contributed by atoms with Gasteiger partial charge in [-0.25, -0.2) is 4.98 Å². The first-order valence-corrected chi connectivity index (χ1v) is 15.7. The summed E-state index contributed by atoms with van der Waals surface area (Å²) < 4.78 is 5.05. The molecular formula is C31H38N4O2S2. The Labute approximate surface area is 240 Å². The number of nitrogens with one attached hydrogen (secondary N) is 1. The molecule has 8 heteroatoms. The van der Waals surface area contributed by atoms with Crippen LogP contribution in [0, 0.1) is 6.92 Å². The lowest BCUT2D eigenvalue weighted by Crippen LogP contribution is -2.27.